The number of allylic oxidation sites excluding steroid dienone is 4. The van der Waals surface area contributed by atoms with Crippen LogP contribution in [0.25, 0.3) is 6.08 Å². The van der Waals surface area contributed by atoms with E-state index < -0.39 is 22.8 Å². The summed E-state index contributed by atoms with van der Waals surface area (Å²) < 4.78 is 11.8. The molecule has 5 rings (SSSR count). The second-order valence-corrected chi connectivity index (χ2v) is 12.6. The van der Waals surface area contributed by atoms with E-state index in [4.69, 9.17) is 9.47 Å². The highest BCUT2D eigenvalue weighted by Gasteiger charge is 2.35. The van der Waals surface area contributed by atoms with E-state index in [-0.39, 0.29) is 34.7 Å². The van der Waals surface area contributed by atoms with Gasteiger partial charge in [-0.05, 0) is 72.5 Å². The first kappa shape index (κ1) is 38.7. The number of ether oxygens (including phenoxy) is 2. The number of aliphatic imine (C=N–C) groups is 1. The lowest BCUT2D eigenvalue weighted by Gasteiger charge is -2.28. The number of amidine groups is 1. The number of nitro benzene ring substituents is 1. The number of non-ortho nitro benzene ring substituents is 1. The van der Waals surface area contributed by atoms with Gasteiger partial charge in [0.25, 0.3) is 17.5 Å². The van der Waals surface area contributed by atoms with Crippen molar-refractivity contribution in [1.82, 2.24) is 10.2 Å². The van der Waals surface area contributed by atoms with Crippen LogP contribution in [0.4, 0.5) is 5.69 Å². The quantitative estimate of drug-likeness (QED) is 0.0425. The molecule has 0 atom stereocenters. The molecule has 0 aromatic heterocycles. The summed E-state index contributed by atoms with van der Waals surface area (Å²) in [4.78, 5) is 57.2. The summed E-state index contributed by atoms with van der Waals surface area (Å²) in [7, 11) is 0. The number of nitro groups is 1. The third-order valence-corrected chi connectivity index (χ3v) is 8.97. The fraction of sp³-hybridized carbons (Fsp3) is 0.143. The molecule has 0 radical (unpaired) electrons. The van der Waals surface area contributed by atoms with Crippen molar-refractivity contribution in [3.05, 3.63) is 178 Å². The lowest BCUT2D eigenvalue weighted by molar-refractivity contribution is -0.384. The maximum Gasteiger partial charge on any atom is 0.285 e. The van der Waals surface area contributed by atoms with Crippen LogP contribution < -0.4 is 14.8 Å². The van der Waals surface area contributed by atoms with Gasteiger partial charge in [0.05, 0.1) is 23.3 Å². The predicted octanol–water partition coefficient (Wildman–Crippen LogP) is 7.97. The molecule has 1 N–H and O–H groups in total. The fourth-order valence-corrected chi connectivity index (χ4v) is 6.25. The van der Waals surface area contributed by atoms with Gasteiger partial charge in [-0.25, -0.2) is 0 Å². The minimum absolute atomic E-state index is 0.0221. The van der Waals surface area contributed by atoms with Crippen LogP contribution in [-0.2, 0) is 21.0 Å². The molecular weight excluding hydrogens is 705 g/mol. The molecule has 1 aliphatic rings. The molecule has 0 fully saturated rings. The number of nitrogens with zero attached hydrogens (tertiary/aromatic N) is 3. The highest BCUT2D eigenvalue weighted by molar-refractivity contribution is 8.14. The number of carbonyl (C=O) groups excluding carboxylic acids is 3. The van der Waals surface area contributed by atoms with Gasteiger partial charge in [-0.2, -0.15) is 4.99 Å². The third kappa shape index (κ3) is 9.87. The largest absolute Gasteiger partial charge is 0.490 e. The van der Waals surface area contributed by atoms with Gasteiger partial charge >= 0.3 is 0 Å². The van der Waals surface area contributed by atoms with Gasteiger partial charge in [-0.3, -0.25) is 29.4 Å². The molecule has 54 heavy (non-hydrogen) atoms. The van der Waals surface area contributed by atoms with Gasteiger partial charge in [0, 0.05) is 17.8 Å². The SMILES string of the molecule is C=C/C=C\C(=C/C)N1C(=O)/C(=C/c2ccc(OCc3ccc([N+](=O)[O-])cc3)c(OCC)c2)C(=O)N=C1SCC(=O)NC(c1ccccc1)c1ccccc1. The number of hydrogen-bond donors (Lipinski definition) is 1. The fourth-order valence-electron chi connectivity index (χ4n) is 5.44. The molecule has 12 heteroatoms. The van der Waals surface area contributed by atoms with Crippen LogP contribution in [-0.4, -0.2) is 45.1 Å². The molecule has 0 saturated heterocycles. The number of nitrogens with one attached hydrogen (secondary N) is 1. The molecule has 0 saturated carbocycles. The molecule has 1 heterocycles. The van der Waals surface area contributed by atoms with Crippen molar-refractivity contribution >= 4 is 46.4 Å². The molecule has 0 unspecified atom stereocenters. The minimum atomic E-state index is -0.759. The Morgan fingerprint density at radius 1 is 0.963 bits per heavy atom. The third-order valence-electron chi connectivity index (χ3n) is 8.03. The van der Waals surface area contributed by atoms with Crippen LogP contribution >= 0.6 is 11.8 Å². The summed E-state index contributed by atoms with van der Waals surface area (Å²) in [5, 5.41) is 14.1. The van der Waals surface area contributed by atoms with E-state index in [9.17, 15) is 24.5 Å². The summed E-state index contributed by atoms with van der Waals surface area (Å²) in [6.07, 6.45) is 8.02. The number of amides is 3. The Morgan fingerprint density at radius 2 is 1.63 bits per heavy atom. The molecule has 3 amide bonds. The summed E-state index contributed by atoms with van der Waals surface area (Å²) >= 11 is 0.980. The average molecular weight is 743 g/mol. The van der Waals surface area contributed by atoms with Crippen molar-refractivity contribution in [3.63, 3.8) is 0 Å². The number of carbonyl (C=O) groups is 3. The number of thioether (sulfide) groups is 1. The second kappa shape index (κ2) is 18.8. The van der Waals surface area contributed by atoms with E-state index in [1.54, 1.807) is 61.6 Å². The van der Waals surface area contributed by atoms with Gasteiger partial charge in [-0.1, -0.05) is 103 Å². The standard InChI is InChI=1S/C42H38N4O7S/c1-4-7-18-33(5-2)45-41(49)35(25-30-21-24-36(37(26-30)52-6-3)53-27-29-19-22-34(23-20-29)46(50)51)40(48)44-42(45)54-28-38(47)43-39(31-14-10-8-11-15-31)32-16-12-9-13-17-32/h4-5,7-26,39H,1,6,27-28H2,2-3H3,(H,43,47)/b18-7-,33-5+,35-25+. The van der Waals surface area contributed by atoms with Crippen molar-refractivity contribution < 1.29 is 28.8 Å². The van der Waals surface area contributed by atoms with Gasteiger partial charge in [0.2, 0.25) is 5.91 Å². The number of benzene rings is 4. The van der Waals surface area contributed by atoms with Crippen LogP contribution in [0, 0.1) is 10.1 Å². The monoisotopic (exact) mass is 742 g/mol. The van der Waals surface area contributed by atoms with E-state index in [0.717, 1.165) is 22.9 Å². The predicted molar refractivity (Wildman–Crippen MR) is 211 cm³/mol. The first-order chi connectivity index (χ1) is 26.2. The molecule has 274 valence electrons. The van der Waals surface area contributed by atoms with Gasteiger partial charge < -0.3 is 14.8 Å². The molecule has 4 aromatic carbocycles. The van der Waals surface area contributed by atoms with E-state index in [1.807, 2.05) is 67.6 Å². The number of hydrogen-bond acceptors (Lipinski definition) is 8. The van der Waals surface area contributed by atoms with Crippen molar-refractivity contribution in [3.8, 4) is 11.5 Å². The molecule has 4 aromatic rings. The van der Waals surface area contributed by atoms with Crippen LogP contribution in [0.3, 0.4) is 0 Å². The Morgan fingerprint density at radius 3 is 2.22 bits per heavy atom. The van der Waals surface area contributed by atoms with Gasteiger partial charge in [0.1, 0.15) is 12.2 Å². The average Bonchev–Trinajstić information content (AvgIpc) is 3.19. The topological polar surface area (TPSA) is 140 Å². The van der Waals surface area contributed by atoms with Crippen LogP contribution in [0.2, 0.25) is 0 Å². The summed E-state index contributed by atoms with van der Waals surface area (Å²) in [6, 6.07) is 29.8. The highest BCUT2D eigenvalue weighted by atomic mass is 32.2. The molecule has 0 bridgehead atoms. The van der Waals surface area contributed by atoms with Crippen LogP contribution in [0.15, 0.2) is 150 Å². The Hall–Kier alpha value is -6.53. The van der Waals surface area contributed by atoms with Crippen molar-refractivity contribution in [2.45, 2.75) is 26.5 Å². The molecular formula is C42H38N4O7S. The first-order valence-corrected chi connectivity index (χ1v) is 18.0. The lowest BCUT2D eigenvalue weighted by atomic mass is 9.99. The molecule has 0 aliphatic carbocycles. The Bertz CT molecular complexity index is 2090. The zero-order valence-corrected chi connectivity index (χ0v) is 30.5. The summed E-state index contributed by atoms with van der Waals surface area (Å²) in [5.41, 5.74) is 3.23. The number of rotatable bonds is 15. The Balaban J connectivity index is 1.38. The van der Waals surface area contributed by atoms with E-state index in [2.05, 4.69) is 16.9 Å². The van der Waals surface area contributed by atoms with Gasteiger partial charge in [0.15, 0.2) is 16.7 Å². The maximum absolute atomic E-state index is 14.2. The summed E-state index contributed by atoms with van der Waals surface area (Å²) in [6.45, 7) is 7.72. The zero-order valence-electron chi connectivity index (χ0n) is 29.7. The van der Waals surface area contributed by atoms with E-state index in [0.29, 0.717) is 34.9 Å². The lowest BCUT2D eigenvalue weighted by Crippen LogP contribution is -2.42. The second-order valence-electron chi connectivity index (χ2n) is 11.7. The molecule has 1 aliphatic heterocycles. The summed E-state index contributed by atoms with van der Waals surface area (Å²) in [5.74, 6) is -1.04. The van der Waals surface area contributed by atoms with Crippen LogP contribution in [0.5, 0.6) is 11.5 Å². The Kier molecular flexibility index (Phi) is 13.5. The minimum Gasteiger partial charge on any atom is -0.490 e. The maximum atomic E-state index is 14.2. The van der Waals surface area contributed by atoms with Crippen molar-refractivity contribution in [2.75, 3.05) is 12.4 Å². The zero-order chi connectivity index (χ0) is 38.5. The molecule has 11 nitrogen and oxygen atoms in total. The smallest absolute Gasteiger partial charge is 0.285 e. The first-order valence-electron chi connectivity index (χ1n) is 17.0. The molecule has 0 spiro atoms. The van der Waals surface area contributed by atoms with E-state index in [1.165, 1.54) is 23.1 Å². The van der Waals surface area contributed by atoms with Crippen molar-refractivity contribution in [2.24, 2.45) is 4.99 Å². The van der Waals surface area contributed by atoms with Gasteiger partial charge in [-0.15, -0.1) is 0 Å². The van der Waals surface area contributed by atoms with Crippen molar-refractivity contribution in [1.29, 1.82) is 0 Å². The highest BCUT2D eigenvalue weighted by Crippen LogP contribution is 2.32. The Labute approximate surface area is 317 Å². The van der Waals surface area contributed by atoms with Crippen LogP contribution in [0.1, 0.15) is 42.1 Å². The van der Waals surface area contributed by atoms with E-state index >= 15 is 0 Å². The normalized spacial score (nSPS) is 14.0.